The van der Waals surface area contributed by atoms with Crippen LogP contribution in [0, 0.1) is 0 Å². The fourth-order valence-corrected chi connectivity index (χ4v) is 0.681. The Morgan fingerprint density at radius 2 is 2.43 bits per heavy atom. The van der Waals surface area contributed by atoms with Crippen LogP contribution in [0.25, 0.3) is 0 Å². The zero-order chi connectivity index (χ0) is 5.49. The number of rotatable bonds is 1. The van der Waals surface area contributed by atoms with Crippen LogP contribution in [0.3, 0.4) is 0 Å². The van der Waals surface area contributed by atoms with Crippen molar-refractivity contribution in [2.75, 3.05) is 0 Å². The van der Waals surface area contributed by atoms with Gasteiger partial charge in [0.25, 0.3) is 0 Å². The van der Waals surface area contributed by atoms with Gasteiger partial charge in [0.15, 0.2) is 0 Å². The minimum absolute atomic E-state index is 0.194. The molecule has 0 saturated heterocycles. The van der Waals surface area contributed by atoms with Gasteiger partial charge in [0.2, 0.25) is 0 Å². The van der Waals surface area contributed by atoms with Crippen molar-refractivity contribution in [3.05, 3.63) is 0 Å². The first kappa shape index (κ1) is 5.06. The Labute approximate surface area is 43.3 Å². The predicted molar refractivity (Wildman–Crippen MR) is 27.8 cm³/mol. The maximum Gasteiger partial charge on any atom is 0.0739 e. The molecule has 1 rings (SSSR count). The fourth-order valence-electron chi connectivity index (χ4n) is 0.681. The molecule has 1 saturated carbocycles. The van der Waals surface area contributed by atoms with Crippen molar-refractivity contribution in [3.63, 3.8) is 0 Å². The van der Waals surface area contributed by atoms with E-state index < -0.39 is 0 Å². The predicted octanol–water partition coefficient (Wildman–Crippen LogP) is -0.142. The van der Waals surface area contributed by atoms with Gasteiger partial charge in [0.05, 0.1) is 6.10 Å². The van der Waals surface area contributed by atoms with Crippen molar-refractivity contribution in [1.82, 2.24) is 0 Å². The van der Waals surface area contributed by atoms with Crippen LogP contribution in [-0.2, 0) is 0 Å². The first-order valence-electron chi connectivity index (χ1n) is 2.66. The molecule has 1 unspecified atom stereocenters. The lowest BCUT2D eigenvalue weighted by atomic mass is 10.2. The molecule has 3 N–H and O–H groups in total. The van der Waals surface area contributed by atoms with Crippen LogP contribution in [0.15, 0.2) is 0 Å². The minimum Gasteiger partial charge on any atom is -0.391 e. The van der Waals surface area contributed by atoms with Gasteiger partial charge in [-0.15, -0.1) is 0 Å². The molecule has 0 spiro atoms. The van der Waals surface area contributed by atoms with Gasteiger partial charge >= 0.3 is 0 Å². The third-order valence-corrected chi connectivity index (χ3v) is 1.74. The zero-order valence-electron chi connectivity index (χ0n) is 4.52. The van der Waals surface area contributed by atoms with E-state index in [4.69, 9.17) is 10.8 Å². The summed E-state index contributed by atoms with van der Waals surface area (Å²) >= 11 is 0. The fraction of sp³-hybridized carbons (Fsp3) is 1.00. The Bertz CT molecular complexity index is 80.1. The molecule has 42 valence electrons. The molecule has 0 aromatic carbocycles. The average molecular weight is 101 g/mol. The number of aliphatic hydroxyl groups is 1. The van der Waals surface area contributed by atoms with Crippen molar-refractivity contribution in [1.29, 1.82) is 0 Å². The summed E-state index contributed by atoms with van der Waals surface area (Å²) in [5, 5.41) is 8.76. The van der Waals surface area contributed by atoms with Crippen LogP contribution < -0.4 is 5.73 Å². The van der Waals surface area contributed by atoms with Crippen molar-refractivity contribution in [2.45, 2.75) is 31.4 Å². The van der Waals surface area contributed by atoms with E-state index in [1.807, 2.05) is 6.92 Å². The highest BCUT2D eigenvalue weighted by molar-refractivity contribution is 5.07. The molecule has 2 nitrogen and oxygen atoms in total. The van der Waals surface area contributed by atoms with E-state index in [-0.39, 0.29) is 11.6 Å². The molecule has 0 bridgehead atoms. The largest absolute Gasteiger partial charge is 0.391 e. The van der Waals surface area contributed by atoms with E-state index in [1.165, 1.54) is 0 Å². The second-order valence-corrected chi connectivity index (χ2v) is 2.31. The monoisotopic (exact) mass is 101 g/mol. The van der Waals surface area contributed by atoms with Crippen LogP contribution in [0.2, 0.25) is 0 Å². The standard InChI is InChI=1S/C5H11NO/c1-2-5(6)3-4(5)7/h4,7H,2-3,6H2,1H3/t4?,5-/m0/s1. The minimum atomic E-state index is -0.211. The first-order valence-corrected chi connectivity index (χ1v) is 2.66. The molecule has 1 aliphatic carbocycles. The van der Waals surface area contributed by atoms with Gasteiger partial charge < -0.3 is 10.8 Å². The smallest absolute Gasteiger partial charge is 0.0739 e. The highest BCUT2D eigenvalue weighted by atomic mass is 16.3. The molecule has 0 aromatic heterocycles. The van der Waals surface area contributed by atoms with Gasteiger partial charge in [0.1, 0.15) is 0 Å². The topological polar surface area (TPSA) is 46.2 Å². The third kappa shape index (κ3) is 0.640. The molecule has 0 radical (unpaired) electrons. The molecule has 2 atom stereocenters. The number of nitrogens with two attached hydrogens (primary N) is 1. The molecule has 0 amide bonds. The maximum absolute atomic E-state index is 8.76. The molecule has 2 heteroatoms. The number of hydrogen-bond donors (Lipinski definition) is 2. The summed E-state index contributed by atoms with van der Waals surface area (Å²) in [6, 6.07) is 0. The van der Waals surface area contributed by atoms with Gasteiger partial charge in [-0.3, -0.25) is 0 Å². The Morgan fingerprint density at radius 1 is 2.00 bits per heavy atom. The highest BCUT2D eigenvalue weighted by Gasteiger charge is 2.48. The molecule has 1 aliphatic rings. The van der Waals surface area contributed by atoms with E-state index in [9.17, 15) is 0 Å². The summed E-state index contributed by atoms with van der Waals surface area (Å²) < 4.78 is 0. The lowest BCUT2D eigenvalue weighted by Gasteiger charge is -2.00. The van der Waals surface area contributed by atoms with Gasteiger partial charge in [-0.05, 0) is 12.8 Å². The van der Waals surface area contributed by atoms with Gasteiger partial charge in [-0.25, -0.2) is 0 Å². The van der Waals surface area contributed by atoms with Crippen molar-refractivity contribution >= 4 is 0 Å². The van der Waals surface area contributed by atoms with E-state index in [1.54, 1.807) is 0 Å². The quantitative estimate of drug-likeness (QED) is 0.483. The maximum atomic E-state index is 8.76. The molecular formula is C5H11NO. The Kier molecular flexibility index (Phi) is 0.869. The van der Waals surface area contributed by atoms with Gasteiger partial charge in [0, 0.05) is 5.54 Å². The summed E-state index contributed by atoms with van der Waals surface area (Å²) in [5.74, 6) is 0. The highest BCUT2D eigenvalue weighted by Crippen LogP contribution is 2.35. The van der Waals surface area contributed by atoms with E-state index in [2.05, 4.69) is 0 Å². The summed E-state index contributed by atoms with van der Waals surface area (Å²) in [5.41, 5.74) is 5.34. The van der Waals surface area contributed by atoms with E-state index in [0.29, 0.717) is 0 Å². The second-order valence-electron chi connectivity index (χ2n) is 2.31. The van der Waals surface area contributed by atoms with Crippen molar-refractivity contribution in [2.24, 2.45) is 5.73 Å². The number of aliphatic hydroxyl groups excluding tert-OH is 1. The summed E-state index contributed by atoms with van der Waals surface area (Å²) in [6.45, 7) is 2.00. The zero-order valence-corrected chi connectivity index (χ0v) is 4.52. The van der Waals surface area contributed by atoms with Gasteiger partial charge in [-0.1, -0.05) is 6.92 Å². The third-order valence-electron chi connectivity index (χ3n) is 1.74. The summed E-state index contributed by atoms with van der Waals surface area (Å²) in [6.07, 6.45) is 1.48. The summed E-state index contributed by atoms with van der Waals surface area (Å²) in [4.78, 5) is 0. The molecule has 0 aromatic rings. The summed E-state index contributed by atoms with van der Waals surface area (Å²) in [7, 11) is 0. The van der Waals surface area contributed by atoms with Crippen molar-refractivity contribution in [3.8, 4) is 0 Å². The SMILES string of the molecule is CC[C@]1(N)CC1O. The lowest BCUT2D eigenvalue weighted by molar-refractivity contribution is 0.246. The normalized spacial score (nSPS) is 49.3. The van der Waals surface area contributed by atoms with Gasteiger partial charge in [-0.2, -0.15) is 0 Å². The first-order chi connectivity index (χ1) is 3.19. The molecule has 0 aliphatic heterocycles. The Balaban J connectivity index is 2.36. The van der Waals surface area contributed by atoms with Crippen LogP contribution in [-0.4, -0.2) is 16.7 Å². The molecular weight excluding hydrogens is 90.1 g/mol. The Morgan fingerprint density at radius 3 is 2.43 bits per heavy atom. The van der Waals surface area contributed by atoms with Crippen molar-refractivity contribution < 1.29 is 5.11 Å². The number of hydrogen-bond acceptors (Lipinski definition) is 2. The van der Waals surface area contributed by atoms with Crippen LogP contribution in [0.5, 0.6) is 0 Å². The molecule has 7 heavy (non-hydrogen) atoms. The van der Waals surface area contributed by atoms with Crippen LogP contribution in [0.1, 0.15) is 19.8 Å². The average Bonchev–Trinajstić information content (AvgIpc) is 2.18. The molecule has 0 heterocycles. The molecule has 1 fully saturated rings. The van der Waals surface area contributed by atoms with E-state index >= 15 is 0 Å². The second kappa shape index (κ2) is 1.20. The Hall–Kier alpha value is -0.0800. The lowest BCUT2D eigenvalue weighted by Crippen LogP contribution is -2.25. The van der Waals surface area contributed by atoms with Crippen LogP contribution >= 0.6 is 0 Å². The van der Waals surface area contributed by atoms with E-state index in [0.717, 1.165) is 12.8 Å². The van der Waals surface area contributed by atoms with Crippen LogP contribution in [0.4, 0.5) is 0 Å².